The minimum atomic E-state index is -0.776. The molecule has 44 heavy (non-hydrogen) atoms. The van der Waals surface area contributed by atoms with Crippen LogP contribution >= 0.6 is 0 Å². The van der Waals surface area contributed by atoms with Gasteiger partial charge in [-0.15, -0.1) is 0 Å². The lowest BCUT2D eigenvalue weighted by molar-refractivity contribution is -0.161. The van der Waals surface area contributed by atoms with Crippen LogP contribution in [0.1, 0.15) is 181 Å². The van der Waals surface area contributed by atoms with Crippen LogP contribution in [0.15, 0.2) is 36.5 Å². The maximum atomic E-state index is 12.1. The van der Waals surface area contributed by atoms with Crippen LogP contribution in [0.5, 0.6) is 0 Å². The van der Waals surface area contributed by atoms with Crippen molar-refractivity contribution in [3.63, 3.8) is 0 Å². The van der Waals surface area contributed by atoms with Crippen molar-refractivity contribution in [2.75, 3.05) is 13.2 Å². The van der Waals surface area contributed by atoms with E-state index in [1.807, 2.05) is 0 Å². The van der Waals surface area contributed by atoms with Crippen molar-refractivity contribution in [2.24, 2.45) is 0 Å². The maximum Gasteiger partial charge on any atom is 0.306 e. The van der Waals surface area contributed by atoms with Crippen LogP contribution in [0.25, 0.3) is 0 Å². The SMILES string of the molecule is CCC=CCC=CCC=CCCCCCCCC(=O)OC(CO)COC(=O)CCCCCCCCCCCCCCCCC. The van der Waals surface area contributed by atoms with E-state index in [0.717, 1.165) is 70.6 Å². The zero-order valence-corrected chi connectivity index (χ0v) is 28.9. The second-order valence-electron chi connectivity index (χ2n) is 12.3. The van der Waals surface area contributed by atoms with Crippen molar-refractivity contribution in [2.45, 2.75) is 187 Å². The van der Waals surface area contributed by atoms with Gasteiger partial charge in [0.1, 0.15) is 6.61 Å². The van der Waals surface area contributed by atoms with Gasteiger partial charge in [0.15, 0.2) is 6.10 Å². The Kier molecular flexibility index (Phi) is 34.1. The van der Waals surface area contributed by atoms with Crippen molar-refractivity contribution in [1.29, 1.82) is 0 Å². The topological polar surface area (TPSA) is 72.8 Å². The van der Waals surface area contributed by atoms with E-state index in [1.54, 1.807) is 0 Å². The summed E-state index contributed by atoms with van der Waals surface area (Å²) in [6.07, 6.45) is 42.0. The number of ether oxygens (including phenoxy) is 2. The third kappa shape index (κ3) is 33.0. The van der Waals surface area contributed by atoms with E-state index >= 15 is 0 Å². The summed E-state index contributed by atoms with van der Waals surface area (Å²) in [5.41, 5.74) is 0. The summed E-state index contributed by atoms with van der Waals surface area (Å²) in [5.74, 6) is -0.607. The van der Waals surface area contributed by atoms with Gasteiger partial charge in [0.25, 0.3) is 0 Å². The van der Waals surface area contributed by atoms with E-state index in [0.29, 0.717) is 12.8 Å². The molecule has 0 bridgehead atoms. The molecule has 1 unspecified atom stereocenters. The summed E-state index contributed by atoms with van der Waals surface area (Å²) in [7, 11) is 0. The molecule has 0 spiro atoms. The number of unbranched alkanes of at least 4 members (excludes halogenated alkanes) is 19. The quantitative estimate of drug-likeness (QED) is 0.0450. The van der Waals surface area contributed by atoms with Crippen molar-refractivity contribution in [3.8, 4) is 0 Å². The summed E-state index contributed by atoms with van der Waals surface area (Å²) in [4.78, 5) is 24.2. The number of allylic oxidation sites excluding steroid dienone is 6. The first kappa shape index (κ1) is 42.1. The van der Waals surface area contributed by atoms with Crippen molar-refractivity contribution in [1.82, 2.24) is 0 Å². The average Bonchev–Trinajstić information content (AvgIpc) is 3.02. The van der Waals surface area contributed by atoms with Crippen molar-refractivity contribution in [3.05, 3.63) is 36.5 Å². The van der Waals surface area contributed by atoms with Gasteiger partial charge in [-0.1, -0.05) is 159 Å². The highest BCUT2D eigenvalue weighted by Gasteiger charge is 2.16. The lowest BCUT2D eigenvalue weighted by Crippen LogP contribution is -2.28. The lowest BCUT2D eigenvalue weighted by Gasteiger charge is -2.15. The van der Waals surface area contributed by atoms with Crippen LogP contribution in [0, 0.1) is 0 Å². The van der Waals surface area contributed by atoms with Gasteiger partial charge in [0, 0.05) is 12.8 Å². The van der Waals surface area contributed by atoms with E-state index in [9.17, 15) is 14.7 Å². The zero-order valence-electron chi connectivity index (χ0n) is 28.9. The maximum absolute atomic E-state index is 12.1. The van der Waals surface area contributed by atoms with Gasteiger partial charge in [0.05, 0.1) is 6.61 Å². The van der Waals surface area contributed by atoms with Gasteiger partial charge in [-0.2, -0.15) is 0 Å². The predicted octanol–water partition coefficient (Wildman–Crippen LogP) is 11.3. The molecular formula is C39H70O5. The second kappa shape index (κ2) is 35.6. The zero-order chi connectivity index (χ0) is 32.2. The Morgan fingerprint density at radius 1 is 0.545 bits per heavy atom. The molecule has 0 aliphatic rings. The molecule has 0 aliphatic heterocycles. The van der Waals surface area contributed by atoms with Crippen molar-refractivity contribution < 1.29 is 24.2 Å². The summed E-state index contributed by atoms with van der Waals surface area (Å²) >= 11 is 0. The fraction of sp³-hybridized carbons (Fsp3) is 0.795. The van der Waals surface area contributed by atoms with Crippen LogP contribution in [-0.4, -0.2) is 36.4 Å². The molecule has 0 aliphatic carbocycles. The van der Waals surface area contributed by atoms with E-state index < -0.39 is 6.10 Å². The van der Waals surface area contributed by atoms with Crippen LogP contribution in [-0.2, 0) is 19.1 Å². The largest absolute Gasteiger partial charge is 0.462 e. The molecule has 0 aromatic heterocycles. The Balaban J connectivity index is 3.58. The third-order valence-electron chi connectivity index (χ3n) is 7.95. The fourth-order valence-electron chi connectivity index (χ4n) is 5.16. The van der Waals surface area contributed by atoms with E-state index in [2.05, 4.69) is 50.3 Å². The van der Waals surface area contributed by atoms with E-state index in [4.69, 9.17) is 9.47 Å². The molecule has 5 nitrogen and oxygen atoms in total. The van der Waals surface area contributed by atoms with Crippen LogP contribution in [0.3, 0.4) is 0 Å². The molecule has 0 aromatic rings. The first-order valence-corrected chi connectivity index (χ1v) is 18.5. The number of carbonyl (C=O) groups excluding carboxylic acids is 2. The third-order valence-corrected chi connectivity index (χ3v) is 7.95. The lowest BCUT2D eigenvalue weighted by atomic mass is 10.0. The molecular weight excluding hydrogens is 548 g/mol. The minimum absolute atomic E-state index is 0.0704. The first-order valence-electron chi connectivity index (χ1n) is 18.5. The van der Waals surface area contributed by atoms with Crippen LogP contribution in [0.2, 0.25) is 0 Å². The molecule has 0 fully saturated rings. The highest BCUT2D eigenvalue weighted by atomic mass is 16.6. The molecule has 0 aromatic carbocycles. The Bertz CT molecular complexity index is 711. The van der Waals surface area contributed by atoms with Gasteiger partial charge in [-0.3, -0.25) is 9.59 Å². The molecule has 0 amide bonds. The van der Waals surface area contributed by atoms with Crippen LogP contribution in [0.4, 0.5) is 0 Å². The van der Waals surface area contributed by atoms with Gasteiger partial charge >= 0.3 is 11.9 Å². The summed E-state index contributed by atoms with van der Waals surface area (Å²) in [6.45, 7) is 4.01. The monoisotopic (exact) mass is 619 g/mol. The Labute approximate surface area is 272 Å². The normalized spacial score (nSPS) is 12.5. The summed E-state index contributed by atoms with van der Waals surface area (Å²) in [6, 6.07) is 0. The predicted molar refractivity (Wildman–Crippen MR) is 187 cm³/mol. The highest BCUT2D eigenvalue weighted by molar-refractivity contribution is 5.70. The van der Waals surface area contributed by atoms with E-state index in [-0.39, 0.29) is 25.2 Å². The number of hydrogen-bond acceptors (Lipinski definition) is 5. The van der Waals surface area contributed by atoms with Gasteiger partial charge < -0.3 is 14.6 Å². The summed E-state index contributed by atoms with van der Waals surface area (Å²) in [5, 5.41) is 9.53. The van der Waals surface area contributed by atoms with Crippen molar-refractivity contribution >= 4 is 11.9 Å². The Hall–Kier alpha value is -1.88. The number of aliphatic hydroxyl groups is 1. The number of hydrogen-bond donors (Lipinski definition) is 1. The molecule has 0 radical (unpaired) electrons. The minimum Gasteiger partial charge on any atom is -0.462 e. The number of carbonyl (C=O) groups is 2. The fourth-order valence-corrected chi connectivity index (χ4v) is 5.16. The average molecular weight is 619 g/mol. The summed E-state index contributed by atoms with van der Waals surface area (Å²) < 4.78 is 10.6. The highest BCUT2D eigenvalue weighted by Crippen LogP contribution is 2.14. The number of rotatable bonds is 33. The number of aliphatic hydroxyl groups excluding tert-OH is 1. The molecule has 0 saturated carbocycles. The number of esters is 2. The molecule has 256 valence electrons. The molecule has 1 atom stereocenters. The van der Waals surface area contributed by atoms with Crippen LogP contribution < -0.4 is 0 Å². The van der Waals surface area contributed by atoms with E-state index in [1.165, 1.54) is 83.5 Å². The molecule has 1 N–H and O–H groups in total. The molecule has 5 heteroatoms. The Morgan fingerprint density at radius 2 is 0.977 bits per heavy atom. The molecule has 0 saturated heterocycles. The molecule has 0 heterocycles. The van der Waals surface area contributed by atoms with Gasteiger partial charge in [-0.05, 0) is 44.9 Å². The second-order valence-corrected chi connectivity index (χ2v) is 12.3. The Morgan fingerprint density at radius 3 is 1.48 bits per heavy atom. The van der Waals surface area contributed by atoms with Gasteiger partial charge in [-0.25, -0.2) is 0 Å². The standard InChI is InChI=1S/C39H70O5/c1-3-5-7-9-11-13-15-17-19-21-23-25-27-29-31-33-38(41)43-36-37(35-40)44-39(42)34-32-30-28-26-24-22-20-18-16-14-12-10-8-6-4-2/h6,8,12,14,18,20,37,40H,3-5,7,9-11,13,15-17,19,21-36H2,1-2H3. The smallest absolute Gasteiger partial charge is 0.306 e. The first-order chi connectivity index (χ1) is 21.6. The van der Waals surface area contributed by atoms with Gasteiger partial charge in [0.2, 0.25) is 0 Å². The molecule has 0 rings (SSSR count).